The second-order valence-corrected chi connectivity index (χ2v) is 18.7. The molecular formula is C44H65FN6O11S. The van der Waals surface area contributed by atoms with Crippen molar-refractivity contribution in [3.63, 3.8) is 0 Å². The molecule has 3 fully saturated rings. The maximum absolute atomic E-state index is 17.0. The summed E-state index contributed by atoms with van der Waals surface area (Å²) in [4.78, 5) is 62.8. The van der Waals surface area contributed by atoms with Crippen LogP contribution in [0.2, 0.25) is 0 Å². The molecule has 2 bridgehead atoms. The number of halogens is 1. The molecule has 2 aromatic heterocycles. The normalized spacial score (nSPS) is 37.6. The first kappa shape index (κ1) is 50.2. The Bertz CT molecular complexity index is 2000. The molecule has 2 aromatic rings. The van der Waals surface area contributed by atoms with Crippen LogP contribution in [-0.4, -0.2) is 141 Å². The summed E-state index contributed by atoms with van der Waals surface area (Å²) in [6, 6.07) is 4.84. The highest BCUT2D eigenvalue weighted by molar-refractivity contribution is 7.13. The van der Waals surface area contributed by atoms with Crippen LogP contribution in [-0.2, 0) is 49.5 Å². The van der Waals surface area contributed by atoms with E-state index in [-0.39, 0.29) is 44.8 Å². The average Bonchev–Trinajstić information content (AvgIpc) is 3.70. The summed E-state index contributed by atoms with van der Waals surface area (Å²) in [5.41, 5.74) is 0.692. The topological polar surface area (TPSA) is 227 Å². The summed E-state index contributed by atoms with van der Waals surface area (Å²) in [6.07, 6.45) is -6.48. The van der Waals surface area contributed by atoms with Crippen molar-refractivity contribution in [2.24, 2.45) is 27.9 Å². The first-order chi connectivity index (χ1) is 29.5. The number of aliphatic hydroxyl groups is 2. The van der Waals surface area contributed by atoms with Crippen molar-refractivity contribution in [2.45, 2.75) is 154 Å². The zero-order valence-electron chi connectivity index (χ0n) is 38.2. The number of aliphatic hydroxyl groups excluding tert-OH is 1. The van der Waals surface area contributed by atoms with Gasteiger partial charge in [-0.3, -0.25) is 9.59 Å². The van der Waals surface area contributed by atoms with Gasteiger partial charge in [-0.1, -0.05) is 45.8 Å². The van der Waals surface area contributed by atoms with Crippen LogP contribution in [0.15, 0.2) is 33.7 Å². The SMILES string of the molecule is CCC(=O)N=C1[C@H](C)C[C@@]2(C)OC/C(=N/OCc3csc(-c4cccc(N)n4)n3)CO[C@@H]([C@H]1C)[C@](C)(O)[C@@H](CC)OC(=O)[C@@](C)(F)C(=O)[C@H](C)[C@H]2O[C@@H]1O[C@H](C)C[C@H](N(C)C)[C@H]1O. The minimum Gasteiger partial charge on any atom is -0.457 e. The molecule has 0 spiro atoms. The van der Waals surface area contributed by atoms with E-state index in [1.54, 1.807) is 51.3 Å². The molecule has 5 heterocycles. The predicted octanol–water partition coefficient (Wildman–Crippen LogP) is 4.70. The van der Waals surface area contributed by atoms with Gasteiger partial charge in [0, 0.05) is 35.4 Å². The molecular weight excluding hydrogens is 840 g/mol. The highest BCUT2D eigenvalue weighted by atomic mass is 32.1. The average molecular weight is 905 g/mol. The minimum absolute atomic E-state index is 0.00176. The molecule has 0 aromatic carbocycles. The molecule has 0 radical (unpaired) electrons. The number of esters is 1. The van der Waals surface area contributed by atoms with Gasteiger partial charge in [-0.2, -0.15) is 0 Å². The second-order valence-electron chi connectivity index (χ2n) is 17.8. The van der Waals surface area contributed by atoms with E-state index in [1.807, 2.05) is 32.8 Å². The summed E-state index contributed by atoms with van der Waals surface area (Å²) < 4.78 is 48.9. The van der Waals surface area contributed by atoms with Crippen LogP contribution in [0, 0.1) is 17.8 Å². The molecule has 3 aliphatic heterocycles. The number of carbonyl (C=O) groups is 3. The smallest absolute Gasteiger partial charge is 0.351 e. The molecule has 0 aliphatic carbocycles. The van der Waals surface area contributed by atoms with E-state index in [0.717, 1.165) is 6.92 Å². The third kappa shape index (κ3) is 11.4. The lowest BCUT2D eigenvalue weighted by atomic mass is 9.73. The number of hydrogen-bond acceptors (Lipinski definition) is 17. The number of oxime groups is 1. The first-order valence-electron chi connectivity index (χ1n) is 21.6. The largest absolute Gasteiger partial charge is 0.457 e. The van der Waals surface area contributed by atoms with Crippen molar-refractivity contribution in [1.82, 2.24) is 14.9 Å². The molecule has 17 nitrogen and oxygen atoms in total. The molecule has 0 saturated carbocycles. The number of nitrogens with zero attached hydrogens (tertiary/aromatic N) is 5. The lowest BCUT2D eigenvalue weighted by Crippen LogP contribution is -2.61. The minimum atomic E-state index is -3.23. The number of aliphatic imine (C=N–C) groups is 1. The Hall–Kier alpha value is -3.82. The van der Waals surface area contributed by atoms with Gasteiger partial charge in [-0.15, -0.1) is 11.3 Å². The van der Waals surface area contributed by atoms with Crippen molar-refractivity contribution >= 4 is 46.2 Å². The number of nitrogens with two attached hydrogens (primary N) is 1. The van der Waals surface area contributed by atoms with Crippen molar-refractivity contribution in [3.05, 3.63) is 29.3 Å². The summed E-state index contributed by atoms with van der Waals surface area (Å²) in [7, 11) is 3.63. The van der Waals surface area contributed by atoms with E-state index in [1.165, 1.54) is 25.2 Å². The molecule has 1 amide bonds. The van der Waals surface area contributed by atoms with Gasteiger partial charge in [0.25, 0.3) is 5.67 Å². The van der Waals surface area contributed by atoms with E-state index in [0.29, 0.717) is 34.3 Å². The highest BCUT2D eigenvalue weighted by Crippen LogP contribution is 2.41. The monoisotopic (exact) mass is 904 g/mol. The van der Waals surface area contributed by atoms with Gasteiger partial charge in [0.05, 0.1) is 42.8 Å². The number of ketones is 1. The molecule has 3 aliphatic rings. The number of rotatable bonds is 9. The molecule has 63 heavy (non-hydrogen) atoms. The van der Waals surface area contributed by atoms with Crippen molar-refractivity contribution in [1.29, 1.82) is 0 Å². The standard InChI is InChI=1S/C44H65FN6O11S/c1-12-31-44(9,56)38-25(5)34(49-33(52)13-2)23(3)18-42(7,58-20-27(19-57-38)50-59-21-28-22-63-39(47-28)29-15-14-16-32(46)48-29)37(26(6)36(54)43(8,45)41(55)61-31)62-40-35(53)30(51(10)11)17-24(4)60-40/h14-16,22-26,30-31,35,37-38,40,53,56H,12-13,17-21H2,1-11H3,(H2,46,48)/b49-34?,50-27+/t23-,24-,25+,26+,30+,31-,35-,37-,38+,40+,42-,43+,44-/m1/s1. The van der Waals surface area contributed by atoms with Gasteiger partial charge in [-0.25, -0.2) is 24.1 Å². The highest BCUT2D eigenvalue weighted by Gasteiger charge is 2.56. The summed E-state index contributed by atoms with van der Waals surface area (Å²) in [5.74, 6) is -5.70. The van der Waals surface area contributed by atoms with E-state index in [2.05, 4.69) is 20.1 Å². The Morgan fingerprint density at radius 2 is 1.81 bits per heavy atom. The zero-order chi connectivity index (χ0) is 46.6. The number of carbonyl (C=O) groups excluding carboxylic acids is 3. The summed E-state index contributed by atoms with van der Waals surface area (Å²) >= 11 is 1.35. The third-order valence-electron chi connectivity index (χ3n) is 12.4. The fourth-order valence-electron chi connectivity index (χ4n) is 8.90. The van der Waals surface area contributed by atoms with Crippen LogP contribution in [0.1, 0.15) is 93.7 Å². The molecule has 4 N–H and O–H groups in total. The zero-order valence-corrected chi connectivity index (χ0v) is 39.0. The van der Waals surface area contributed by atoms with Crippen LogP contribution in [0.3, 0.4) is 0 Å². The molecule has 0 unspecified atom stereocenters. The maximum Gasteiger partial charge on any atom is 0.351 e. The number of hydrogen-bond donors (Lipinski definition) is 3. The van der Waals surface area contributed by atoms with E-state index < -0.39 is 95.1 Å². The Morgan fingerprint density at radius 3 is 2.46 bits per heavy atom. The van der Waals surface area contributed by atoms with Gasteiger partial charge >= 0.3 is 5.97 Å². The fourth-order valence-corrected chi connectivity index (χ4v) is 9.67. The number of ether oxygens (including phenoxy) is 5. The van der Waals surface area contributed by atoms with E-state index in [4.69, 9.17) is 34.3 Å². The van der Waals surface area contributed by atoms with Crippen LogP contribution in [0.25, 0.3) is 10.7 Å². The number of cyclic esters (lactones) is 1. The number of fused-ring (bicyclic) bond motifs is 5. The fraction of sp³-hybridized carbons (Fsp3) is 0.705. The van der Waals surface area contributed by atoms with Crippen LogP contribution < -0.4 is 5.73 Å². The molecule has 5 rings (SSSR count). The molecule has 19 heteroatoms. The van der Waals surface area contributed by atoms with E-state index in [9.17, 15) is 24.6 Å². The van der Waals surface area contributed by atoms with Gasteiger partial charge in [0.1, 0.15) is 40.0 Å². The van der Waals surface area contributed by atoms with E-state index >= 15 is 4.39 Å². The number of pyridine rings is 1. The second kappa shape index (κ2) is 20.6. The van der Waals surface area contributed by atoms with Crippen LogP contribution in [0.4, 0.5) is 10.2 Å². The van der Waals surface area contributed by atoms with Crippen LogP contribution in [0.5, 0.6) is 0 Å². The number of Topliss-reactive ketones (excluding diaryl/α,β-unsaturated/α-hetero) is 1. The summed E-state index contributed by atoms with van der Waals surface area (Å²) in [5, 5.41) is 31.0. The lowest BCUT2D eigenvalue weighted by Gasteiger charge is -2.47. The number of thiazole rings is 1. The Kier molecular flexibility index (Phi) is 16.4. The lowest BCUT2D eigenvalue weighted by molar-refractivity contribution is -0.296. The van der Waals surface area contributed by atoms with Crippen molar-refractivity contribution in [2.75, 3.05) is 33.0 Å². The van der Waals surface area contributed by atoms with Crippen molar-refractivity contribution in [3.8, 4) is 10.7 Å². The number of aromatic nitrogens is 2. The number of nitrogen functional groups attached to an aromatic ring is 1. The third-order valence-corrected chi connectivity index (χ3v) is 13.3. The maximum atomic E-state index is 17.0. The number of anilines is 1. The Labute approximate surface area is 372 Å². The van der Waals surface area contributed by atoms with Crippen LogP contribution >= 0.6 is 11.3 Å². The predicted molar refractivity (Wildman–Crippen MR) is 234 cm³/mol. The quantitative estimate of drug-likeness (QED) is 0.176. The van der Waals surface area contributed by atoms with Gasteiger partial charge in [-0.05, 0) is 79.1 Å². The summed E-state index contributed by atoms with van der Waals surface area (Å²) in [6.45, 7) is 13.3. The van der Waals surface area contributed by atoms with Gasteiger partial charge in [0.2, 0.25) is 5.91 Å². The molecule has 3 saturated heterocycles. The Morgan fingerprint density at radius 1 is 1.10 bits per heavy atom. The Balaban J connectivity index is 1.67. The molecule has 350 valence electrons. The van der Waals surface area contributed by atoms with Gasteiger partial charge in [0.15, 0.2) is 18.7 Å². The number of amides is 1. The first-order valence-corrected chi connectivity index (χ1v) is 22.5. The number of likely N-dealkylation sites (N-methyl/N-ethyl adjacent to an activating group) is 1. The molecule has 13 atom stereocenters. The van der Waals surface area contributed by atoms with Crippen molar-refractivity contribution < 1.29 is 57.5 Å². The van der Waals surface area contributed by atoms with Gasteiger partial charge < -0.3 is 49.4 Å². The number of alkyl halides is 1.